The summed E-state index contributed by atoms with van der Waals surface area (Å²) in [5, 5.41) is 4.76. The Morgan fingerprint density at radius 2 is 2.32 bits per heavy atom. The summed E-state index contributed by atoms with van der Waals surface area (Å²) in [6, 6.07) is 1.78. The summed E-state index contributed by atoms with van der Waals surface area (Å²) in [6.45, 7) is 2.90. The third-order valence-electron chi connectivity index (χ3n) is 2.82. The molecule has 2 heterocycles. The van der Waals surface area contributed by atoms with Gasteiger partial charge < -0.3 is 10.3 Å². The molecular formula is C12H16ClFN4O. The number of aromatic nitrogens is 3. The van der Waals surface area contributed by atoms with Gasteiger partial charge in [0.05, 0.1) is 23.8 Å². The minimum atomic E-state index is -0.0835. The summed E-state index contributed by atoms with van der Waals surface area (Å²) in [4.78, 5) is 12.0. The number of aryl methyl sites for hydroxylation is 1. The first-order valence-corrected chi connectivity index (χ1v) is 5.74. The number of nitrogens with zero attached hydrogens (tertiary/aromatic N) is 3. The lowest BCUT2D eigenvalue weighted by Crippen LogP contribution is -2.17. The van der Waals surface area contributed by atoms with Gasteiger partial charge in [0.25, 0.3) is 5.56 Å². The van der Waals surface area contributed by atoms with Crippen LogP contribution in [0, 0.1) is 0 Å². The fourth-order valence-electron chi connectivity index (χ4n) is 1.79. The molecule has 0 radical (unpaired) electrons. The number of hydrogen-bond donors (Lipinski definition) is 1. The van der Waals surface area contributed by atoms with Gasteiger partial charge in [0, 0.05) is 25.5 Å². The third kappa shape index (κ3) is 3.02. The Labute approximate surface area is 115 Å². The predicted molar refractivity (Wildman–Crippen MR) is 75.2 cm³/mol. The minimum Gasteiger partial charge on any atom is -0.327 e. The molecule has 0 saturated carbocycles. The summed E-state index contributed by atoms with van der Waals surface area (Å²) >= 11 is 0. The van der Waals surface area contributed by atoms with Crippen LogP contribution in [-0.2, 0) is 13.1 Å². The average Bonchev–Trinajstić information content (AvgIpc) is 2.80. The first-order valence-electron chi connectivity index (χ1n) is 5.74. The highest BCUT2D eigenvalue weighted by Gasteiger charge is 2.07. The van der Waals surface area contributed by atoms with Crippen molar-refractivity contribution in [3.63, 3.8) is 0 Å². The fraction of sp³-hybridized carbons (Fsp3) is 0.333. The highest BCUT2D eigenvalue weighted by molar-refractivity contribution is 5.85. The Bertz CT molecular complexity index is 647. The molecular weight excluding hydrogens is 271 g/mol. The van der Waals surface area contributed by atoms with Crippen molar-refractivity contribution in [2.45, 2.75) is 20.0 Å². The molecule has 104 valence electrons. The number of nitrogens with two attached hydrogens (primary N) is 1. The van der Waals surface area contributed by atoms with E-state index in [1.54, 1.807) is 23.0 Å². The molecule has 19 heavy (non-hydrogen) atoms. The Balaban J connectivity index is 0.00000180. The molecule has 0 aromatic carbocycles. The van der Waals surface area contributed by atoms with Gasteiger partial charge in [0.1, 0.15) is 0 Å². The van der Waals surface area contributed by atoms with Crippen LogP contribution in [0.1, 0.15) is 6.92 Å². The maximum atomic E-state index is 12.4. The van der Waals surface area contributed by atoms with E-state index in [0.717, 1.165) is 0 Å². The largest absolute Gasteiger partial charge is 0.327 e. The Kier molecular flexibility index (Phi) is 5.26. The van der Waals surface area contributed by atoms with Gasteiger partial charge in [-0.3, -0.25) is 9.48 Å². The molecule has 2 N–H and O–H groups in total. The summed E-state index contributed by atoms with van der Waals surface area (Å²) < 4.78 is 15.6. The van der Waals surface area contributed by atoms with Gasteiger partial charge in [-0.2, -0.15) is 5.10 Å². The SMILES string of the molecule is CCn1ccc2nn(C/C(=C/F)CN)cc2c1=O.Cl. The van der Waals surface area contributed by atoms with Crippen LogP contribution < -0.4 is 11.3 Å². The maximum absolute atomic E-state index is 12.4. The van der Waals surface area contributed by atoms with Crippen molar-refractivity contribution in [1.29, 1.82) is 0 Å². The van der Waals surface area contributed by atoms with Crippen LogP contribution >= 0.6 is 12.4 Å². The zero-order chi connectivity index (χ0) is 13.1. The van der Waals surface area contributed by atoms with Crippen molar-refractivity contribution in [3.8, 4) is 0 Å². The molecule has 0 aliphatic rings. The van der Waals surface area contributed by atoms with E-state index in [2.05, 4.69) is 5.10 Å². The van der Waals surface area contributed by atoms with E-state index >= 15 is 0 Å². The quantitative estimate of drug-likeness (QED) is 0.925. The minimum absolute atomic E-state index is 0. The summed E-state index contributed by atoms with van der Waals surface area (Å²) in [5.74, 6) is 0. The zero-order valence-corrected chi connectivity index (χ0v) is 11.4. The maximum Gasteiger partial charge on any atom is 0.261 e. The van der Waals surface area contributed by atoms with Crippen molar-refractivity contribution in [3.05, 3.63) is 40.7 Å². The second-order valence-electron chi connectivity index (χ2n) is 4.00. The second kappa shape index (κ2) is 6.49. The molecule has 0 aliphatic heterocycles. The molecule has 0 atom stereocenters. The van der Waals surface area contributed by atoms with Crippen molar-refractivity contribution in [2.24, 2.45) is 5.73 Å². The van der Waals surface area contributed by atoms with Crippen LogP contribution in [-0.4, -0.2) is 20.9 Å². The van der Waals surface area contributed by atoms with Gasteiger partial charge in [-0.1, -0.05) is 0 Å². The van der Waals surface area contributed by atoms with E-state index in [1.807, 2.05) is 6.92 Å². The number of hydrogen-bond acceptors (Lipinski definition) is 3. The van der Waals surface area contributed by atoms with Crippen LogP contribution in [0.5, 0.6) is 0 Å². The van der Waals surface area contributed by atoms with Crippen LogP contribution in [0.3, 0.4) is 0 Å². The van der Waals surface area contributed by atoms with Crippen molar-refractivity contribution >= 4 is 23.3 Å². The van der Waals surface area contributed by atoms with Gasteiger partial charge in [-0.05, 0) is 18.6 Å². The molecule has 0 aliphatic carbocycles. The van der Waals surface area contributed by atoms with E-state index < -0.39 is 0 Å². The van der Waals surface area contributed by atoms with E-state index in [-0.39, 0.29) is 31.1 Å². The molecule has 2 rings (SSSR count). The topological polar surface area (TPSA) is 65.8 Å². The van der Waals surface area contributed by atoms with E-state index in [4.69, 9.17) is 5.73 Å². The van der Waals surface area contributed by atoms with Gasteiger partial charge in [0.2, 0.25) is 0 Å². The Morgan fingerprint density at radius 1 is 1.58 bits per heavy atom. The Hall–Kier alpha value is -1.66. The monoisotopic (exact) mass is 286 g/mol. The third-order valence-corrected chi connectivity index (χ3v) is 2.82. The van der Waals surface area contributed by atoms with Crippen LogP contribution in [0.4, 0.5) is 4.39 Å². The zero-order valence-electron chi connectivity index (χ0n) is 10.5. The molecule has 0 fully saturated rings. The van der Waals surface area contributed by atoms with Crippen LogP contribution in [0.15, 0.2) is 35.2 Å². The molecule has 0 amide bonds. The second-order valence-corrected chi connectivity index (χ2v) is 4.00. The molecule has 7 heteroatoms. The van der Waals surface area contributed by atoms with Crippen molar-refractivity contribution in [2.75, 3.05) is 6.54 Å². The normalized spacial score (nSPS) is 11.6. The molecule has 0 saturated heterocycles. The van der Waals surface area contributed by atoms with E-state index in [1.165, 1.54) is 4.68 Å². The highest BCUT2D eigenvalue weighted by Crippen LogP contribution is 2.08. The first kappa shape index (κ1) is 15.4. The number of fused-ring (bicyclic) bond motifs is 1. The number of pyridine rings is 1. The molecule has 0 unspecified atom stereocenters. The fourth-order valence-corrected chi connectivity index (χ4v) is 1.79. The number of rotatable bonds is 4. The lowest BCUT2D eigenvalue weighted by molar-refractivity contribution is 0.637. The van der Waals surface area contributed by atoms with Gasteiger partial charge in [0.15, 0.2) is 0 Å². The summed E-state index contributed by atoms with van der Waals surface area (Å²) in [7, 11) is 0. The molecule has 0 bridgehead atoms. The highest BCUT2D eigenvalue weighted by atomic mass is 35.5. The van der Waals surface area contributed by atoms with E-state index in [9.17, 15) is 9.18 Å². The summed E-state index contributed by atoms with van der Waals surface area (Å²) in [5.41, 5.74) is 6.34. The van der Waals surface area contributed by atoms with Gasteiger partial charge in [-0.15, -0.1) is 12.4 Å². The van der Waals surface area contributed by atoms with Crippen molar-refractivity contribution < 1.29 is 4.39 Å². The van der Waals surface area contributed by atoms with Gasteiger partial charge >= 0.3 is 0 Å². The standard InChI is InChI=1S/C12H15FN4O.ClH/c1-2-16-4-3-11-10(12(16)18)8-17(15-11)7-9(5-13)6-14;/h3-5,8H,2,6-7,14H2,1H3;1H/b9-5+;. The lowest BCUT2D eigenvalue weighted by atomic mass is 10.3. The molecule has 2 aromatic rings. The predicted octanol–water partition coefficient (Wildman–Crippen LogP) is 1.45. The Morgan fingerprint density at radius 3 is 2.89 bits per heavy atom. The molecule has 0 spiro atoms. The van der Waals surface area contributed by atoms with Gasteiger partial charge in [-0.25, -0.2) is 4.39 Å². The first-order chi connectivity index (χ1) is 8.69. The van der Waals surface area contributed by atoms with Crippen LogP contribution in [0.25, 0.3) is 10.9 Å². The average molecular weight is 287 g/mol. The van der Waals surface area contributed by atoms with E-state index in [0.29, 0.717) is 29.4 Å². The smallest absolute Gasteiger partial charge is 0.261 e. The number of halogens is 2. The molecule has 5 nitrogen and oxygen atoms in total. The lowest BCUT2D eigenvalue weighted by Gasteiger charge is -2.01. The van der Waals surface area contributed by atoms with Crippen molar-refractivity contribution in [1.82, 2.24) is 14.3 Å². The summed E-state index contributed by atoms with van der Waals surface area (Å²) in [6.07, 6.45) is 3.82. The molecule has 2 aromatic heterocycles. The van der Waals surface area contributed by atoms with Crippen LogP contribution in [0.2, 0.25) is 0 Å².